The molecule has 3 nitrogen and oxygen atoms in total. The fraction of sp³-hybridized carbons (Fsp3) is 0.565. The van der Waals surface area contributed by atoms with E-state index in [2.05, 4.69) is 33.4 Å². The van der Waals surface area contributed by atoms with Gasteiger partial charge in [-0.25, -0.2) is 0 Å². The van der Waals surface area contributed by atoms with E-state index in [4.69, 9.17) is 4.74 Å². The lowest BCUT2D eigenvalue weighted by atomic mass is 9.73. The standard InChI is InChI=1S/C23H34O3/c1-5-6-7-8-18-14-21(25)23(22(15-18)26-12-11-24)20-13-17(4)9-10-19(20)16(2)3/h13-15,19-20,24-25H,2,5-12H2,1,3-4H3/t19-,20+/m0/s1. The Morgan fingerprint density at radius 3 is 2.73 bits per heavy atom. The van der Waals surface area contributed by atoms with Crippen molar-refractivity contribution in [3.8, 4) is 11.5 Å². The van der Waals surface area contributed by atoms with Crippen LogP contribution in [0.2, 0.25) is 0 Å². The van der Waals surface area contributed by atoms with Crippen molar-refractivity contribution in [2.24, 2.45) is 5.92 Å². The highest BCUT2D eigenvalue weighted by molar-refractivity contribution is 5.52. The molecule has 0 aromatic heterocycles. The molecule has 0 amide bonds. The first kappa shape index (κ1) is 20.6. The fourth-order valence-electron chi connectivity index (χ4n) is 3.91. The second-order valence-electron chi connectivity index (χ2n) is 7.59. The number of aliphatic hydroxyl groups excluding tert-OH is 1. The lowest BCUT2D eigenvalue weighted by molar-refractivity contribution is 0.198. The van der Waals surface area contributed by atoms with Gasteiger partial charge in [0.15, 0.2) is 0 Å². The molecule has 144 valence electrons. The average molecular weight is 359 g/mol. The van der Waals surface area contributed by atoms with Gasteiger partial charge < -0.3 is 14.9 Å². The molecule has 0 saturated heterocycles. The van der Waals surface area contributed by atoms with Crippen LogP contribution in [0, 0.1) is 5.92 Å². The van der Waals surface area contributed by atoms with Crippen LogP contribution < -0.4 is 4.74 Å². The second kappa shape index (κ2) is 9.82. The molecule has 0 fully saturated rings. The van der Waals surface area contributed by atoms with E-state index in [1.807, 2.05) is 12.1 Å². The molecule has 2 rings (SSSR count). The first-order valence-electron chi connectivity index (χ1n) is 9.90. The third kappa shape index (κ3) is 5.14. The quantitative estimate of drug-likeness (QED) is 0.452. The molecule has 2 atom stereocenters. The van der Waals surface area contributed by atoms with E-state index in [1.165, 1.54) is 18.4 Å². The van der Waals surface area contributed by atoms with Crippen LogP contribution in [0.15, 0.2) is 35.9 Å². The number of hydrogen-bond acceptors (Lipinski definition) is 3. The van der Waals surface area contributed by atoms with Crippen LogP contribution in [0.4, 0.5) is 0 Å². The lowest BCUT2D eigenvalue weighted by Gasteiger charge is -2.32. The van der Waals surface area contributed by atoms with Crippen molar-refractivity contribution in [1.82, 2.24) is 0 Å². The zero-order valence-corrected chi connectivity index (χ0v) is 16.6. The minimum absolute atomic E-state index is 0.0380. The van der Waals surface area contributed by atoms with Crippen molar-refractivity contribution in [3.63, 3.8) is 0 Å². The number of hydrogen-bond donors (Lipinski definition) is 2. The summed E-state index contributed by atoms with van der Waals surface area (Å²) in [7, 11) is 0. The number of aryl methyl sites for hydroxylation is 1. The third-order valence-corrected chi connectivity index (χ3v) is 5.31. The Kier molecular flexibility index (Phi) is 7.77. The summed E-state index contributed by atoms with van der Waals surface area (Å²) >= 11 is 0. The number of aromatic hydroxyl groups is 1. The smallest absolute Gasteiger partial charge is 0.127 e. The van der Waals surface area contributed by atoms with Crippen molar-refractivity contribution in [3.05, 3.63) is 47.1 Å². The van der Waals surface area contributed by atoms with Crippen molar-refractivity contribution in [1.29, 1.82) is 0 Å². The monoisotopic (exact) mass is 358 g/mol. The maximum atomic E-state index is 10.9. The Balaban J connectivity index is 2.43. The summed E-state index contributed by atoms with van der Waals surface area (Å²) in [6.45, 7) is 10.8. The number of ether oxygens (including phenoxy) is 1. The summed E-state index contributed by atoms with van der Waals surface area (Å²) in [6, 6.07) is 3.94. The van der Waals surface area contributed by atoms with Crippen LogP contribution in [0.1, 0.15) is 69.9 Å². The summed E-state index contributed by atoms with van der Waals surface area (Å²) in [6.07, 6.45) is 8.74. The predicted octanol–water partition coefficient (Wildman–Crippen LogP) is 5.51. The van der Waals surface area contributed by atoms with Gasteiger partial charge in [-0.1, -0.05) is 43.6 Å². The number of unbranched alkanes of at least 4 members (excludes halogenated alkanes) is 2. The van der Waals surface area contributed by atoms with E-state index in [0.29, 0.717) is 17.4 Å². The van der Waals surface area contributed by atoms with Gasteiger partial charge in [0.05, 0.1) is 6.61 Å². The number of phenols is 1. The highest BCUT2D eigenvalue weighted by Gasteiger charge is 2.30. The van der Waals surface area contributed by atoms with E-state index in [-0.39, 0.29) is 19.1 Å². The number of benzene rings is 1. The van der Waals surface area contributed by atoms with E-state index < -0.39 is 0 Å². The zero-order valence-electron chi connectivity index (χ0n) is 16.6. The van der Waals surface area contributed by atoms with Crippen molar-refractivity contribution < 1.29 is 14.9 Å². The summed E-state index contributed by atoms with van der Waals surface area (Å²) < 4.78 is 5.86. The van der Waals surface area contributed by atoms with E-state index >= 15 is 0 Å². The van der Waals surface area contributed by atoms with Crippen LogP contribution in [0.5, 0.6) is 11.5 Å². The largest absolute Gasteiger partial charge is 0.507 e. The molecular formula is C23H34O3. The summed E-state index contributed by atoms with van der Waals surface area (Å²) in [4.78, 5) is 0. The molecule has 1 aromatic carbocycles. The third-order valence-electron chi connectivity index (χ3n) is 5.31. The van der Waals surface area contributed by atoms with Crippen LogP contribution in [0.25, 0.3) is 0 Å². The average Bonchev–Trinajstić information content (AvgIpc) is 2.59. The SMILES string of the molecule is C=C(C)[C@@H]1CCC(C)=C[C@H]1c1c(O)cc(CCCCC)cc1OCCO. The number of phenolic OH excluding ortho intramolecular Hbond substituents is 1. The molecule has 0 unspecified atom stereocenters. The fourth-order valence-corrected chi connectivity index (χ4v) is 3.91. The van der Waals surface area contributed by atoms with Gasteiger partial charge >= 0.3 is 0 Å². The van der Waals surface area contributed by atoms with Crippen LogP contribution >= 0.6 is 0 Å². The topological polar surface area (TPSA) is 49.7 Å². The van der Waals surface area contributed by atoms with Crippen LogP contribution in [-0.2, 0) is 6.42 Å². The Labute approximate surface area is 158 Å². The molecule has 1 aliphatic carbocycles. The Morgan fingerprint density at radius 2 is 2.08 bits per heavy atom. The molecule has 1 aromatic rings. The number of rotatable bonds is 9. The molecule has 26 heavy (non-hydrogen) atoms. The van der Waals surface area contributed by atoms with Gasteiger partial charge in [0.25, 0.3) is 0 Å². The Bertz CT molecular complexity index is 645. The molecule has 0 saturated carbocycles. The molecule has 3 heteroatoms. The molecule has 1 aliphatic rings. The first-order valence-corrected chi connectivity index (χ1v) is 9.90. The van der Waals surface area contributed by atoms with E-state index in [1.54, 1.807) is 0 Å². The van der Waals surface area contributed by atoms with Crippen molar-refractivity contribution in [2.45, 2.75) is 65.2 Å². The highest BCUT2D eigenvalue weighted by atomic mass is 16.5. The summed E-state index contributed by atoms with van der Waals surface area (Å²) in [5.41, 5.74) is 4.41. The molecule has 2 N–H and O–H groups in total. The Hall–Kier alpha value is -1.74. The summed E-state index contributed by atoms with van der Waals surface area (Å²) in [5, 5.41) is 20.1. The molecule has 0 radical (unpaired) electrons. The van der Waals surface area contributed by atoms with Gasteiger partial charge in [0, 0.05) is 11.5 Å². The molecule has 0 heterocycles. The maximum absolute atomic E-state index is 10.9. The van der Waals surface area contributed by atoms with Crippen molar-refractivity contribution in [2.75, 3.05) is 13.2 Å². The van der Waals surface area contributed by atoms with Gasteiger partial charge in [-0.2, -0.15) is 0 Å². The first-order chi connectivity index (χ1) is 12.5. The van der Waals surface area contributed by atoms with Gasteiger partial charge in [0.2, 0.25) is 0 Å². The Morgan fingerprint density at radius 1 is 1.31 bits per heavy atom. The predicted molar refractivity (Wildman–Crippen MR) is 108 cm³/mol. The minimum atomic E-state index is -0.0380. The van der Waals surface area contributed by atoms with E-state index in [0.717, 1.165) is 42.4 Å². The molecule has 0 aliphatic heterocycles. The van der Waals surface area contributed by atoms with Gasteiger partial charge in [-0.3, -0.25) is 0 Å². The van der Waals surface area contributed by atoms with Gasteiger partial charge in [-0.15, -0.1) is 0 Å². The molecule has 0 bridgehead atoms. The highest BCUT2D eigenvalue weighted by Crippen LogP contribution is 2.46. The van der Waals surface area contributed by atoms with E-state index in [9.17, 15) is 10.2 Å². The second-order valence-corrected chi connectivity index (χ2v) is 7.59. The number of allylic oxidation sites excluding steroid dienone is 3. The maximum Gasteiger partial charge on any atom is 0.127 e. The van der Waals surface area contributed by atoms with Crippen molar-refractivity contribution >= 4 is 0 Å². The molecule has 0 spiro atoms. The molecular weight excluding hydrogens is 324 g/mol. The van der Waals surface area contributed by atoms with Crippen LogP contribution in [0.3, 0.4) is 0 Å². The van der Waals surface area contributed by atoms with Gasteiger partial charge in [0.1, 0.15) is 18.1 Å². The zero-order chi connectivity index (χ0) is 19.1. The normalized spacial score (nSPS) is 19.9. The summed E-state index contributed by atoms with van der Waals surface area (Å²) in [5.74, 6) is 1.37. The van der Waals surface area contributed by atoms with Crippen LogP contribution in [-0.4, -0.2) is 23.4 Å². The lowest BCUT2D eigenvalue weighted by Crippen LogP contribution is -2.18. The number of aliphatic hydroxyl groups is 1. The van der Waals surface area contributed by atoms with Gasteiger partial charge in [-0.05, 0) is 63.1 Å². The minimum Gasteiger partial charge on any atom is -0.507 e.